The molecule has 1 saturated heterocycles. The maximum absolute atomic E-state index is 9.52. The van der Waals surface area contributed by atoms with Crippen molar-refractivity contribution in [2.75, 3.05) is 0 Å². The molecule has 0 aromatic carbocycles. The highest BCUT2D eigenvalue weighted by Crippen LogP contribution is 2.23. The summed E-state index contributed by atoms with van der Waals surface area (Å²) < 4.78 is 5.36. The van der Waals surface area contributed by atoms with Crippen molar-refractivity contribution < 1.29 is 20.1 Å². The number of aliphatic hydroxyl groups is 3. The molecule has 0 bridgehead atoms. The van der Waals surface area contributed by atoms with Crippen LogP contribution in [0, 0.1) is 0 Å². The standard InChI is InChI=1S/C9H18O4/c1-3-4-6-8(11)9(12)7(10)5(2)13-6/h5-12H,3-4H2,1-2H3/t5-,6?,7?,8-,9?/m0/s1. The lowest BCUT2D eigenvalue weighted by atomic mass is 9.93. The molecule has 0 radical (unpaired) electrons. The minimum Gasteiger partial charge on any atom is -0.388 e. The van der Waals surface area contributed by atoms with Crippen LogP contribution in [0.15, 0.2) is 0 Å². The molecule has 0 aromatic rings. The minimum atomic E-state index is -1.08. The molecule has 4 heteroatoms. The van der Waals surface area contributed by atoms with Gasteiger partial charge in [-0.15, -0.1) is 0 Å². The van der Waals surface area contributed by atoms with Gasteiger partial charge in [0.25, 0.3) is 0 Å². The van der Waals surface area contributed by atoms with E-state index in [0.717, 1.165) is 6.42 Å². The lowest BCUT2D eigenvalue weighted by Crippen LogP contribution is -2.56. The lowest BCUT2D eigenvalue weighted by molar-refractivity contribution is -0.218. The SMILES string of the molecule is CCCC1O[C@@H](C)C(O)C(O)[C@H]1O. The van der Waals surface area contributed by atoms with Crippen LogP contribution in [0.3, 0.4) is 0 Å². The van der Waals surface area contributed by atoms with E-state index in [1.165, 1.54) is 0 Å². The van der Waals surface area contributed by atoms with Crippen LogP contribution in [0.4, 0.5) is 0 Å². The number of hydrogen-bond acceptors (Lipinski definition) is 4. The molecule has 1 rings (SSSR count). The van der Waals surface area contributed by atoms with Gasteiger partial charge in [0.05, 0.1) is 12.2 Å². The molecule has 78 valence electrons. The summed E-state index contributed by atoms with van der Waals surface area (Å²) in [7, 11) is 0. The van der Waals surface area contributed by atoms with Crippen molar-refractivity contribution in [1.29, 1.82) is 0 Å². The number of rotatable bonds is 2. The zero-order chi connectivity index (χ0) is 10.0. The van der Waals surface area contributed by atoms with E-state index < -0.39 is 24.4 Å². The Morgan fingerprint density at radius 1 is 1.08 bits per heavy atom. The number of ether oxygens (including phenoxy) is 1. The first-order valence-corrected chi connectivity index (χ1v) is 4.77. The molecule has 1 aliphatic rings. The number of aliphatic hydroxyl groups excluding tert-OH is 3. The molecule has 1 heterocycles. The molecule has 1 aliphatic heterocycles. The molecule has 4 nitrogen and oxygen atoms in total. The lowest BCUT2D eigenvalue weighted by Gasteiger charge is -2.39. The Hall–Kier alpha value is -0.160. The average Bonchev–Trinajstić information content (AvgIpc) is 2.11. The fraction of sp³-hybridized carbons (Fsp3) is 1.00. The first kappa shape index (κ1) is 10.9. The quantitative estimate of drug-likeness (QED) is 0.557. The molecular weight excluding hydrogens is 172 g/mol. The van der Waals surface area contributed by atoms with Gasteiger partial charge in [-0.05, 0) is 13.3 Å². The molecule has 0 saturated carbocycles. The molecule has 3 N–H and O–H groups in total. The van der Waals surface area contributed by atoms with Crippen LogP contribution in [-0.2, 0) is 4.74 Å². The Kier molecular flexibility index (Phi) is 3.67. The Morgan fingerprint density at radius 2 is 1.69 bits per heavy atom. The van der Waals surface area contributed by atoms with E-state index in [-0.39, 0.29) is 6.10 Å². The maximum atomic E-state index is 9.52. The summed E-state index contributed by atoms with van der Waals surface area (Å²) in [5.74, 6) is 0. The monoisotopic (exact) mass is 190 g/mol. The molecule has 0 aliphatic carbocycles. The van der Waals surface area contributed by atoms with E-state index in [2.05, 4.69) is 0 Å². The predicted octanol–water partition coefficient (Wildman–Crippen LogP) is -0.344. The van der Waals surface area contributed by atoms with Crippen LogP contribution in [0.25, 0.3) is 0 Å². The van der Waals surface area contributed by atoms with Crippen LogP contribution < -0.4 is 0 Å². The Morgan fingerprint density at radius 3 is 2.23 bits per heavy atom. The van der Waals surface area contributed by atoms with E-state index in [9.17, 15) is 15.3 Å². The third kappa shape index (κ3) is 2.20. The Bertz CT molecular complexity index is 162. The molecule has 13 heavy (non-hydrogen) atoms. The van der Waals surface area contributed by atoms with Gasteiger partial charge in [-0.25, -0.2) is 0 Å². The van der Waals surface area contributed by atoms with Crippen LogP contribution >= 0.6 is 0 Å². The van der Waals surface area contributed by atoms with Gasteiger partial charge < -0.3 is 20.1 Å². The highest BCUT2D eigenvalue weighted by atomic mass is 16.5. The third-order valence-corrected chi connectivity index (χ3v) is 2.52. The molecule has 0 spiro atoms. The molecule has 0 amide bonds. The van der Waals surface area contributed by atoms with Crippen molar-refractivity contribution in [3.05, 3.63) is 0 Å². The topological polar surface area (TPSA) is 69.9 Å². The smallest absolute Gasteiger partial charge is 0.111 e. The zero-order valence-corrected chi connectivity index (χ0v) is 8.05. The summed E-state index contributed by atoms with van der Waals surface area (Å²) in [5.41, 5.74) is 0. The van der Waals surface area contributed by atoms with Crippen molar-refractivity contribution in [1.82, 2.24) is 0 Å². The highest BCUT2D eigenvalue weighted by Gasteiger charge is 2.40. The summed E-state index contributed by atoms with van der Waals surface area (Å²) in [6.07, 6.45) is -2.20. The van der Waals surface area contributed by atoms with Crippen molar-refractivity contribution in [2.24, 2.45) is 0 Å². The molecular formula is C9H18O4. The fourth-order valence-electron chi connectivity index (χ4n) is 1.66. The molecule has 3 unspecified atom stereocenters. The second kappa shape index (κ2) is 4.37. The molecule has 0 aromatic heterocycles. The second-order valence-corrected chi connectivity index (χ2v) is 3.64. The van der Waals surface area contributed by atoms with Crippen molar-refractivity contribution in [3.63, 3.8) is 0 Å². The number of hydrogen-bond donors (Lipinski definition) is 3. The normalized spacial score (nSPS) is 46.4. The van der Waals surface area contributed by atoms with Gasteiger partial charge in [0.15, 0.2) is 0 Å². The zero-order valence-electron chi connectivity index (χ0n) is 8.05. The third-order valence-electron chi connectivity index (χ3n) is 2.52. The first-order chi connectivity index (χ1) is 6.07. The van der Waals surface area contributed by atoms with Crippen LogP contribution in [0.1, 0.15) is 26.7 Å². The van der Waals surface area contributed by atoms with Crippen LogP contribution in [0.2, 0.25) is 0 Å². The van der Waals surface area contributed by atoms with E-state index in [0.29, 0.717) is 6.42 Å². The van der Waals surface area contributed by atoms with Crippen LogP contribution in [0.5, 0.6) is 0 Å². The van der Waals surface area contributed by atoms with Gasteiger partial charge in [-0.2, -0.15) is 0 Å². The summed E-state index contributed by atoms with van der Waals surface area (Å²) >= 11 is 0. The Balaban J connectivity index is 2.59. The van der Waals surface area contributed by atoms with E-state index >= 15 is 0 Å². The van der Waals surface area contributed by atoms with Gasteiger partial charge >= 0.3 is 0 Å². The van der Waals surface area contributed by atoms with Gasteiger partial charge in [-0.1, -0.05) is 13.3 Å². The van der Waals surface area contributed by atoms with E-state index in [1.54, 1.807) is 6.92 Å². The average molecular weight is 190 g/mol. The first-order valence-electron chi connectivity index (χ1n) is 4.77. The predicted molar refractivity (Wildman–Crippen MR) is 47.3 cm³/mol. The van der Waals surface area contributed by atoms with E-state index in [4.69, 9.17) is 4.74 Å². The maximum Gasteiger partial charge on any atom is 0.111 e. The second-order valence-electron chi connectivity index (χ2n) is 3.64. The summed E-state index contributed by atoms with van der Waals surface area (Å²) in [6.45, 7) is 3.68. The van der Waals surface area contributed by atoms with Gasteiger partial charge in [0.2, 0.25) is 0 Å². The summed E-state index contributed by atoms with van der Waals surface area (Å²) in [4.78, 5) is 0. The Labute approximate surface area is 78.1 Å². The minimum absolute atomic E-state index is 0.349. The summed E-state index contributed by atoms with van der Waals surface area (Å²) in [6, 6.07) is 0. The van der Waals surface area contributed by atoms with Gasteiger partial charge in [0.1, 0.15) is 18.3 Å². The van der Waals surface area contributed by atoms with E-state index in [1.807, 2.05) is 6.92 Å². The van der Waals surface area contributed by atoms with Crippen molar-refractivity contribution >= 4 is 0 Å². The van der Waals surface area contributed by atoms with Gasteiger partial charge in [-0.3, -0.25) is 0 Å². The van der Waals surface area contributed by atoms with Crippen molar-refractivity contribution in [2.45, 2.75) is 57.2 Å². The van der Waals surface area contributed by atoms with Crippen molar-refractivity contribution in [3.8, 4) is 0 Å². The highest BCUT2D eigenvalue weighted by molar-refractivity contribution is 4.90. The van der Waals surface area contributed by atoms with Crippen LogP contribution in [-0.4, -0.2) is 45.8 Å². The fourth-order valence-corrected chi connectivity index (χ4v) is 1.66. The summed E-state index contributed by atoms with van der Waals surface area (Å²) in [5, 5.41) is 28.3. The van der Waals surface area contributed by atoms with Gasteiger partial charge in [0, 0.05) is 0 Å². The molecule has 1 fully saturated rings. The molecule has 5 atom stereocenters. The largest absolute Gasteiger partial charge is 0.388 e.